The minimum absolute atomic E-state index is 0.0268. The zero-order valence-corrected chi connectivity index (χ0v) is 12.5. The molecule has 5 nitrogen and oxygen atoms in total. The van der Waals surface area contributed by atoms with Crippen LogP contribution in [0.4, 0.5) is 0 Å². The third-order valence-electron chi connectivity index (χ3n) is 3.77. The molecule has 0 aliphatic carbocycles. The van der Waals surface area contributed by atoms with Gasteiger partial charge in [-0.1, -0.05) is 33.1 Å². The minimum atomic E-state index is -0.685. The van der Waals surface area contributed by atoms with Gasteiger partial charge in [0.15, 0.2) is 5.43 Å². The molecule has 0 saturated heterocycles. The third kappa shape index (κ3) is 3.29. The van der Waals surface area contributed by atoms with Crippen LogP contribution in [0.15, 0.2) is 23.1 Å². The first-order valence-electron chi connectivity index (χ1n) is 7.36. The van der Waals surface area contributed by atoms with Crippen molar-refractivity contribution in [2.45, 2.75) is 45.4 Å². The summed E-state index contributed by atoms with van der Waals surface area (Å²) in [5.74, 6) is -0.409. The third-order valence-corrected chi connectivity index (χ3v) is 3.77. The number of rotatable bonds is 6. The SMILES string of the molecule is CCCCCC(C)c1cc(=O)c2c(C(N)=O)nccc2[nH]1. The zero-order valence-electron chi connectivity index (χ0n) is 12.5. The highest BCUT2D eigenvalue weighted by Crippen LogP contribution is 2.21. The number of nitrogens with one attached hydrogen (secondary N) is 1. The van der Waals surface area contributed by atoms with E-state index in [4.69, 9.17) is 5.73 Å². The summed E-state index contributed by atoms with van der Waals surface area (Å²) in [6, 6.07) is 3.26. The summed E-state index contributed by atoms with van der Waals surface area (Å²) >= 11 is 0. The van der Waals surface area contributed by atoms with E-state index in [2.05, 4.69) is 23.8 Å². The van der Waals surface area contributed by atoms with Gasteiger partial charge >= 0.3 is 0 Å². The number of aromatic nitrogens is 2. The molecule has 2 rings (SSSR count). The summed E-state index contributed by atoms with van der Waals surface area (Å²) in [7, 11) is 0. The van der Waals surface area contributed by atoms with Crippen LogP contribution < -0.4 is 11.2 Å². The molecule has 5 heteroatoms. The largest absolute Gasteiger partial charge is 0.364 e. The van der Waals surface area contributed by atoms with Crippen LogP contribution in [-0.4, -0.2) is 15.9 Å². The molecule has 0 aliphatic rings. The highest BCUT2D eigenvalue weighted by atomic mass is 16.1. The number of carbonyl (C=O) groups excluding carboxylic acids is 1. The molecule has 2 aromatic heterocycles. The Kier molecular flexibility index (Phi) is 4.73. The van der Waals surface area contributed by atoms with Crippen LogP contribution in [0, 0.1) is 0 Å². The zero-order chi connectivity index (χ0) is 15.4. The quantitative estimate of drug-likeness (QED) is 0.800. The fourth-order valence-corrected chi connectivity index (χ4v) is 2.53. The van der Waals surface area contributed by atoms with Crippen LogP contribution in [0.25, 0.3) is 10.9 Å². The van der Waals surface area contributed by atoms with Gasteiger partial charge < -0.3 is 10.7 Å². The number of fused-ring (bicyclic) bond motifs is 1. The van der Waals surface area contributed by atoms with E-state index in [9.17, 15) is 9.59 Å². The van der Waals surface area contributed by atoms with E-state index in [1.54, 1.807) is 12.1 Å². The van der Waals surface area contributed by atoms with Crippen molar-refractivity contribution in [3.8, 4) is 0 Å². The molecule has 2 aromatic rings. The van der Waals surface area contributed by atoms with Crippen LogP contribution in [0.3, 0.4) is 0 Å². The average Bonchev–Trinajstić information content (AvgIpc) is 2.46. The molecule has 0 bridgehead atoms. The van der Waals surface area contributed by atoms with Crippen LogP contribution >= 0.6 is 0 Å². The number of nitrogens with two attached hydrogens (primary N) is 1. The fourth-order valence-electron chi connectivity index (χ4n) is 2.53. The second-order valence-electron chi connectivity index (χ2n) is 5.43. The molecule has 21 heavy (non-hydrogen) atoms. The monoisotopic (exact) mass is 287 g/mol. The van der Waals surface area contributed by atoms with Gasteiger partial charge in [-0.15, -0.1) is 0 Å². The maximum absolute atomic E-state index is 12.3. The number of pyridine rings is 2. The van der Waals surface area contributed by atoms with Crippen molar-refractivity contribution < 1.29 is 4.79 Å². The molecule has 0 spiro atoms. The highest BCUT2D eigenvalue weighted by Gasteiger charge is 2.14. The van der Waals surface area contributed by atoms with E-state index in [-0.39, 0.29) is 22.4 Å². The maximum atomic E-state index is 12.3. The van der Waals surface area contributed by atoms with Crippen molar-refractivity contribution in [2.75, 3.05) is 0 Å². The maximum Gasteiger partial charge on any atom is 0.268 e. The lowest BCUT2D eigenvalue weighted by molar-refractivity contribution is 0.0997. The standard InChI is InChI=1S/C16H21N3O2/c1-3-4-5-6-10(2)12-9-13(20)14-11(19-12)7-8-18-15(14)16(17)21/h7-10H,3-6H2,1-2H3,(H2,17,21)(H,19,20). The second-order valence-corrected chi connectivity index (χ2v) is 5.43. The lowest BCUT2D eigenvalue weighted by Gasteiger charge is -2.13. The number of hydrogen-bond acceptors (Lipinski definition) is 3. The lowest BCUT2D eigenvalue weighted by atomic mass is 9.98. The Bertz CT molecular complexity index is 706. The number of amides is 1. The summed E-state index contributed by atoms with van der Waals surface area (Å²) in [6.07, 6.45) is 6.03. The Labute approximate surface area is 123 Å². The second kappa shape index (κ2) is 6.52. The van der Waals surface area contributed by atoms with Crippen LogP contribution in [0.5, 0.6) is 0 Å². The Morgan fingerprint density at radius 1 is 1.43 bits per heavy atom. The van der Waals surface area contributed by atoms with Gasteiger partial charge in [0.1, 0.15) is 5.69 Å². The Morgan fingerprint density at radius 2 is 2.19 bits per heavy atom. The van der Waals surface area contributed by atoms with Gasteiger partial charge in [-0.2, -0.15) is 0 Å². The number of H-pyrrole nitrogens is 1. The lowest BCUT2D eigenvalue weighted by Crippen LogP contribution is -2.18. The van der Waals surface area contributed by atoms with Crippen LogP contribution in [-0.2, 0) is 0 Å². The average molecular weight is 287 g/mol. The van der Waals surface area contributed by atoms with Gasteiger partial charge in [0.2, 0.25) is 0 Å². The van der Waals surface area contributed by atoms with Crippen LogP contribution in [0.1, 0.15) is 61.6 Å². The first-order valence-corrected chi connectivity index (χ1v) is 7.36. The van der Waals surface area contributed by atoms with Crippen molar-refractivity contribution >= 4 is 16.8 Å². The smallest absolute Gasteiger partial charge is 0.268 e. The number of hydrogen-bond donors (Lipinski definition) is 2. The molecule has 1 atom stereocenters. The van der Waals surface area contributed by atoms with Gasteiger partial charge in [-0.05, 0) is 18.4 Å². The fraction of sp³-hybridized carbons (Fsp3) is 0.438. The summed E-state index contributed by atoms with van der Waals surface area (Å²) in [5, 5.41) is 0.273. The Morgan fingerprint density at radius 3 is 2.86 bits per heavy atom. The van der Waals surface area contributed by atoms with Gasteiger partial charge in [-0.3, -0.25) is 14.6 Å². The highest BCUT2D eigenvalue weighted by molar-refractivity contribution is 6.03. The molecule has 3 N–H and O–H groups in total. The molecule has 1 unspecified atom stereocenters. The van der Waals surface area contributed by atoms with E-state index in [1.807, 2.05) is 0 Å². The molecule has 0 radical (unpaired) electrons. The molecule has 0 aromatic carbocycles. The number of unbranched alkanes of at least 4 members (excludes halogenated alkanes) is 2. The van der Waals surface area contributed by atoms with Gasteiger partial charge in [0.25, 0.3) is 5.91 Å². The Balaban J connectivity index is 2.42. The van der Waals surface area contributed by atoms with Crippen LogP contribution in [0.2, 0.25) is 0 Å². The van der Waals surface area contributed by atoms with E-state index in [1.165, 1.54) is 19.0 Å². The van der Waals surface area contributed by atoms with E-state index < -0.39 is 5.91 Å². The molecule has 0 saturated carbocycles. The number of aromatic amines is 1. The number of nitrogens with zero attached hydrogens (tertiary/aromatic N) is 1. The number of primary amides is 1. The van der Waals surface area contributed by atoms with E-state index in [0.29, 0.717) is 5.52 Å². The summed E-state index contributed by atoms with van der Waals surface area (Å²) in [4.78, 5) is 30.8. The summed E-state index contributed by atoms with van der Waals surface area (Å²) in [6.45, 7) is 4.27. The summed E-state index contributed by atoms with van der Waals surface area (Å²) < 4.78 is 0. The first kappa shape index (κ1) is 15.2. The Hall–Kier alpha value is -2.17. The van der Waals surface area contributed by atoms with E-state index in [0.717, 1.165) is 18.5 Å². The number of carbonyl (C=O) groups is 1. The predicted molar refractivity (Wildman–Crippen MR) is 83.4 cm³/mol. The molecule has 1 amide bonds. The van der Waals surface area contributed by atoms with Crippen molar-refractivity contribution in [3.63, 3.8) is 0 Å². The minimum Gasteiger partial charge on any atom is -0.364 e. The van der Waals surface area contributed by atoms with Crippen molar-refractivity contribution in [1.29, 1.82) is 0 Å². The predicted octanol–water partition coefficient (Wildman–Crippen LogP) is 2.71. The molecule has 0 aliphatic heterocycles. The van der Waals surface area contributed by atoms with Crippen molar-refractivity contribution in [1.82, 2.24) is 9.97 Å². The van der Waals surface area contributed by atoms with Gasteiger partial charge in [0, 0.05) is 18.0 Å². The van der Waals surface area contributed by atoms with E-state index >= 15 is 0 Å². The molecular weight excluding hydrogens is 266 g/mol. The molecule has 0 fully saturated rings. The normalized spacial score (nSPS) is 12.5. The molecule has 112 valence electrons. The first-order chi connectivity index (χ1) is 10.0. The van der Waals surface area contributed by atoms with Gasteiger partial charge in [-0.25, -0.2) is 0 Å². The molecule has 2 heterocycles. The summed E-state index contributed by atoms with van der Waals surface area (Å²) in [5.41, 5.74) is 6.60. The van der Waals surface area contributed by atoms with Crippen molar-refractivity contribution in [3.05, 3.63) is 39.9 Å². The topological polar surface area (TPSA) is 88.8 Å². The van der Waals surface area contributed by atoms with Crippen molar-refractivity contribution in [2.24, 2.45) is 5.73 Å². The van der Waals surface area contributed by atoms with Gasteiger partial charge in [0.05, 0.1) is 10.9 Å². The molecular formula is C16H21N3O2.